The summed E-state index contributed by atoms with van der Waals surface area (Å²) < 4.78 is 120. The first kappa shape index (κ1) is 73.5. The van der Waals surface area contributed by atoms with Gasteiger partial charge in [0.25, 0.3) is 17.7 Å². The summed E-state index contributed by atoms with van der Waals surface area (Å²) in [5.41, 5.74) is 4.52. The second kappa shape index (κ2) is 29.5. The first-order valence-corrected chi connectivity index (χ1v) is 32.7. The smallest absolute Gasteiger partial charge is 0.392 e. The van der Waals surface area contributed by atoms with Crippen molar-refractivity contribution in [3.05, 3.63) is 260 Å². The number of hydrogen-bond acceptors (Lipinski definition) is 13. The molecule has 4 N–H and O–H groups in total. The minimum absolute atomic E-state index is 0.00420. The molecule has 6 aromatic carbocycles. The Kier molecular flexibility index (Phi) is 20.3. The monoisotopic (exact) mass is 1460 g/mol. The number of hydrogen-bond donors (Lipinski definition) is 4. The minimum atomic E-state index is -4.60. The van der Waals surface area contributed by atoms with Gasteiger partial charge >= 0.3 is 36.6 Å². The van der Waals surface area contributed by atoms with E-state index in [2.05, 4.69) is 43.0 Å². The van der Waals surface area contributed by atoms with E-state index in [1.807, 2.05) is 12.1 Å². The van der Waals surface area contributed by atoms with Crippen molar-refractivity contribution in [1.29, 1.82) is 15.8 Å². The summed E-state index contributed by atoms with van der Waals surface area (Å²) in [6.07, 6.45) is -5.35. The maximum Gasteiger partial charge on any atom is 0.416 e. The molecule has 31 heteroatoms. The highest BCUT2D eigenvalue weighted by Gasteiger charge is 2.49. The topological polar surface area (TPSA) is 288 Å². The molecule has 22 nitrogen and oxygen atoms in total. The first-order chi connectivity index (χ1) is 51.1. The molecule has 107 heavy (non-hydrogen) atoms. The number of amides is 9. The van der Waals surface area contributed by atoms with E-state index in [-0.39, 0.29) is 72.7 Å². The maximum atomic E-state index is 13.7. The van der Waals surface area contributed by atoms with E-state index < -0.39 is 95.8 Å². The van der Waals surface area contributed by atoms with Crippen molar-refractivity contribution in [1.82, 2.24) is 45.6 Å². The molecule has 0 bridgehead atoms. The van der Waals surface area contributed by atoms with Crippen molar-refractivity contribution in [2.45, 2.75) is 62.5 Å². The number of aliphatic hydroxyl groups is 1. The van der Waals surface area contributed by atoms with Crippen LogP contribution in [0.4, 0.5) is 71.0 Å². The van der Waals surface area contributed by atoms with Crippen molar-refractivity contribution in [3.63, 3.8) is 0 Å². The Labute approximate surface area is 603 Å². The summed E-state index contributed by atoms with van der Waals surface area (Å²) in [7, 11) is 4.44. The number of nitrogens with zero attached hydrogens (tertiary/aromatic N) is 12. The fraction of sp³-hybridized carbons (Fsp3) is 0.211. The van der Waals surface area contributed by atoms with Gasteiger partial charge in [0.1, 0.15) is 6.33 Å². The average Bonchev–Trinajstić information content (AvgIpc) is 0.746. The lowest BCUT2D eigenvalue weighted by Crippen LogP contribution is -2.53. The van der Waals surface area contributed by atoms with Gasteiger partial charge in [0.05, 0.1) is 110 Å². The van der Waals surface area contributed by atoms with Crippen LogP contribution < -0.4 is 30.7 Å². The molecule has 542 valence electrons. The van der Waals surface area contributed by atoms with Crippen LogP contribution in [0.15, 0.2) is 204 Å². The third-order valence-electron chi connectivity index (χ3n) is 18.7. The van der Waals surface area contributed by atoms with Gasteiger partial charge in [0, 0.05) is 113 Å². The zero-order valence-electron chi connectivity index (χ0n) is 56.5. The number of benzene rings is 6. The lowest BCUT2D eigenvalue weighted by molar-refractivity contribution is -0.138. The van der Waals surface area contributed by atoms with Crippen molar-refractivity contribution in [3.8, 4) is 40.5 Å². The molecule has 8 aromatic rings. The van der Waals surface area contributed by atoms with Crippen molar-refractivity contribution >= 4 is 52.9 Å². The molecule has 9 amide bonds. The molecule has 14 rings (SSSR count). The van der Waals surface area contributed by atoms with Gasteiger partial charge in [-0.05, 0) is 130 Å². The number of likely N-dealkylation sites (N-methyl/N-ethyl adjacent to an activating group) is 3. The number of carbonyl (C=O) groups excluding carboxylic acids is 6. The molecule has 6 aliphatic heterocycles. The molecule has 2 unspecified atom stereocenters. The minimum Gasteiger partial charge on any atom is -0.392 e. The Morgan fingerprint density at radius 1 is 0.439 bits per heavy atom. The van der Waals surface area contributed by atoms with Gasteiger partial charge < -0.3 is 35.8 Å². The van der Waals surface area contributed by atoms with E-state index in [1.165, 1.54) is 101 Å². The van der Waals surface area contributed by atoms with E-state index >= 15 is 0 Å². The number of halogens is 9. The van der Waals surface area contributed by atoms with Gasteiger partial charge in [-0.1, -0.05) is 42.5 Å². The van der Waals surface area contributed by atoms with E-state index in [1.54, 1.807) is 73.3 Å². The molecule has 0 spiro atoms. The quantitative estimate of drug-likeness (QED) is 0.0979. The molecule has 0 saturated carbocycles. The Morgan fingerprint density at radius 3 is 1.13 bits per heavy atom. The largest absolute Gasteiger partial charge is 0.416 e. The number of nitrogens with one attached hydrogen (secondary N) is 3. The zero-order valence-corrected chi connectivity index (χ0v) is 56.5. The summed E-state index contributed by atoms with van der Waals surface area (Å²) in [5, 5.41) is 46.3. The molecule has 0 saturated heterocycles. The summed E-state index contributed by atoms with van der Waals surface area (Å²) in [4.78, 5) is 100. The highest BCUT2D eigenvalue weighted by atomic mass is 19.4. The number of pyridine rings is 1. The maximum absolute atomic E-state index is 13.7. The first-order valence-electron chi connectivity index (χ1n) is 32.7. The predicted octanol–water partition coefficient (Wildman–Crippen LogP) is 12.9. The Hall–Kier alpha value is -13.2. The number of aliphatic hydroxyl groups excluding tert-OH is 1. The van der Waals surface area contributed by atoms with Crippen LogP contribution in [0.5, 0.6) is 0 Å². The van der Waals surface area contributed by atoms with Gasteiger partial charge in [0.15, 0.2) is 0 Å². The molecule has 0 radical (unpaired) electrons. The van der Waals surface area contributed by atoms with Crippen LogP contribution in [-0.4, -0.2) is 111 Å². The van der Waals surface area contributed by atoms with Crippen LogP contribution in [-0.2, 0) is 39.5 Å². The van der Waals surface area contributed by atoms with Gasteiger partial charge in [-0.3, -0.25) is 34.1 Å². The molecule has 3 atom stereocenters. The van der Waals surface area contributed by atoms with E-state index in [0.717, 1.165) is 41.3 Å². The SMILES string of the molecule is CN1C(=O)N(c2cccc(C(F)(F)F)c2)C2=C(C(=O)NCC2)C1c1ccc(C#N)cc1-c1cccnc1.CN1C(=O)N(c2cccc(C(F)(F)F)c2)C2=C(C(=O)NCC2)C1c1ccc(C#N)cc1-c1cncnc1.CN1C(=O)N(c2cccc(C(F)(F)F)c2)C2=C(C(=O)NCC2)[C@H]1c1ccc(C#N)cc1CO. The molecule has 0 aliphatic carbocycles. The molecule has 0 fully saturated rings. The van der Waals surface area contributed by atoms with Crippen molar-refractivity contribution < 1.29 is 73.4 Å². The number of carbonyl (C=O) groups is 6. The summed E-state index contributed by atoms with van der Waals surface area (Å²) >= 11 is 0. The summed E-state index contributed by atoms with van der Waals surface area (Å²) in [6.45, 7) is 0.255. The van der Waals surface area contributed by atoms with E-state index in [4.69, 9.17) is 5.26 Å². The highest BCUT2D eigenvalue weighted by molar-refractivity contribution is 6.08. The van der Waals surface area contributed by atoms with E-state index in [0.29, 0.717) is 78.3 Å². The van der Waals surface area contributed by atoms with E-state index in [9.17, 15) is 83.9 Å². The van der Waals surface area contributed by atoms with Crippen LogP contribution >= 0.6 is 0 Å². The third-order valence-corrected chi connectivity index (χ3v) is 18.7. The van der Waals surface area contributed by atoms with Gasteiger partial charge in [-0.25, -0.2) is 24.4 Å². The number of rotatable bonds is 9. The fourth-order valence-electron chi connectivity index (χ4n) is 13.9. The Morgan fingerprint density at radius 2 is 0.785 bits per heavy atom. The van der Waals surface area contributed by atoms with Crippen LogP contribution in [0.1, 0.15) is 93.0 Å². The molecule has 6 aliphatic rings. The highest BCUT2D eigenvalue weighted by Crippen LogP contribution is 2.49. The van der Waals surface area contributed by atoms with Crippen LogP contribution in [0.25, 0.3) is 22.3 Å². The van der Waals surface area contributed by atoms with Crippen LogP contribution in [0.3, 0.4) is 0 Å². The summed E-state index contributed by atoms with van der Waals surface area (Å²) in [5.74, 6) is -1.29. The Balaban J connectivity index is 0.000000150. The van der Waals surface area contributed by atoms with Crippen LogP contribution in [0, 0.1) is 34.0 Å². The number of nitriles is 3. The second-order valence-corrected chi connectivity index (χ2v) is 25.0. The second-order valence-electron chi connectivity index (χ2n) is 25.0. The number of urea groups is 3. The number of aromatic nitrogens is 3. The lowest BCUT2D eigenvalue weighted by Gasteiger charge is -2.44. The van der Waals surface area contributed by atoms with Crippen molar-refractivity contribution in [2.24, 2.45) is 0 Å². The van der Waals surface area contributed by atoms with Gasteiger partial charge in [-0.2, -0.15) is 55.3 Å². The average molecular weight is 1460 g/mol. The lowest BCUT2D eigenvalue weighted by atomic mass is 9.85. The molecule has 2 aromatic heterocycles. The third kappa shape index (κ3) is 14.2. The number of anilines is 3. The van der Waals surface area contributed by atoms with Gasteiger partial charge in [-0.15, -0.1) is 0 Å². The molecular formula is C76H58F9N15O7. The molecule has 8 heterocycles. The fourth-order valence-corrected chi connectivity index (χ4v) is 13.9. The van der Waals surface area contributed by atoms with Gasteiger partial charge in [0.2, 0.25) is 0 Å². The molecular weight excluding hydrogens is 1410 g/mol. The normalized spacial score (nSPS) is 18.1. The zero-order chi connectivity index (χ0) is 76.6. The Bertz CT molecular complexity index is 4960. The number of alkyl halides is 9. The predicted molar refractivity (Wildman–Crippen MR) is 367 cm³/mol. The summed E-state index contributed by atoms with van der Waals surface area (Å²) in [6, 6.07) is 33.2. The van der Waals surface area contributed by atoms with Crippen molar-refractivity contribution in [2.75, 3.05) is 55.5 Å². The van der Waals surface area contributed by atoms with Crippen LogP contribution in [0.2, 0.25) is 0 Å². The standard InChI is InChI=1S/C27H20F3N5O2.C26H19F3N6O2.C23H19F3N4O3/c1-34-24(20-8-7-16(14-31)12-21(20)17-4-3-10-32-15-17)23-22(9-11-33-25(23)36)35(26(34)37)19-6-2-5-18(13-19)27(28,29)30;1-34-23(19-6-5-15(11-30)9-20(19)16-12-31-14-32-13-16)22-21(7-8-33-24(22)36)35(25(34)37)18-4-2-3-17(10-18)26(27,28)29;1-29-20(17-6-5-13(11-27)9-14(17)12-31)19-18(7-8-28-21(19)32)30(22(29)33)16-4-2-3-15(10-16)23(24,25)26/h2-8,10,12-13,15,24H,9,11H2,1H3,(H,33,36);2-6,9-10,12-14,23H,7-8H2,1H3,(H,33,36);2-6,9-10,20,31H,7-8,12H2,1H3,(H,28,32)/t;;20-/m..1/s1.